The third-order valence-corrected chi connectivity index (χ3v) is 13.5. The SMILES string of the molecule is CC1=CC2C(O)CCCC2C(C)(/C(O)=C2\C(=O)CNC2=O)C1/C=C/C(C)C(O)/C(C)=C/CC(O)/C=C/C(C)C(O)/C=C/CC(O)/C(C)=C/CC(O)CC1CCCN1C(=N)N. The molecule has 2 aliphatic carbocycles. The van der Waals surface area contributed by atoms with Crippen molar-refractivity contribution >= 4 is 17.6 Å². The second-order valence-electron chi connectivity index (χ2n) is 18.0. The Bertz CT molecular complexity index is 1730. The Balaban J connectivity index is 1.30. The molecular weight excluding hydrogens is 765 g/mol. The zero-order valence-electron chi connectivity index (χ0n) is 36.4. The first-order valence-corrected chi connectivity index (χ1v) is 21.8. The molecule has 13 nitrogen and oxygen atoms in total. The van der Waals surface area contributed by atoms with Crippen LogP contribution in [0.25, 0.3) is 0 Å². The largest absolute Gasteiger partial charge is 0.511 e. The van der Waals surface area contributed by atoms with Gasteiger partial charge >= 0.3 is 0 Å². The number of nitrogens with two attached hydrogens (primary N) is 1. The van der Waals surface area contributed by atoms with Crippen LogP contribution >= 0.6 is 0 Å². The molecule has 0 bridgehead atoms. The van der Waals surface area contributed by atoms with Crippen LogP contribution in [0.1, 0.15) is 99.3 Å². The molecule has 1 amide bonds. The maximum atomic E-state index is 12.7. The average Bonchev–Trinajstić information content (AvgIpc) is 3.82. The van der Waals surface area contributed by atoms with E-state index in [4.69, 9.17) is 11.1 Å². The van der Waals surface area contributed by atoms with Crippen molar-refractivity contribution in [3.63, 3.8) is 0 Å². The number of carbonyl (C=O) groups excluding carboxylic acids is 2. The number of aliphatic hydroxyl groups excluding tert-OH is 7. The summed E-state index contributed by atoms with van der Waals surface area (Å²) in [7, 11) is 0. The molecule has 11 N–H and O–H groups in total. The number of ketones is 1. The number of guanidine groups is 1. The van der Waals surface area contributed by atoms with Gasteiger partial charge < -0.3 is 51.7 Å². The van der Waals surface area contributed by atoms with E-state index in [1.165, 1.54) is 0 Å². The Morgan fingerprint density at radius 1 is 0.967 bits per heavy atom. The van der Waals surface area contributed by atoms with Gasteiger partial charge in [0.05, 0.1) is 43.2 Å². The van der Waals surface area contributed by atoms with Crippen molar-refractivity contribution in [1.29, 1.82) is 5.41 Å². The Morgan fingerprint density at radius 3 is 2.33 bits per heavy atom. The molecule has 1 saturated carbocycles. The number of fused-ring (bicyclic) bond motifs is 1. The van der Waals surface area contributed by atoms with E-state index in [1.807, 2.05) is 50.8 Å². The molecule has 13 unspecified atom stereocenters. The summed E-state index contributed by atoms with van der Waals surface area (Å²) in [5, 5.41) is 86.8. The van der Waals surface area contributed by atoms with Crippen LogP contribution in [0, 0.1) is 40.4 Å². The summed E-state index contributed by atoms with van der Waals surface area (Å²) in [5.74, 6) is -2.79. The third-order valence-electron chi connectivity index (χ3n) is 13.5. The third kappa shape index (κ3) is 11.9. The van der Waals surface area contributed by atoms with Crippen molar-refractivity contribution in [1.82, 2.24) is 10.2 Å². The molecule has 0 radical (unpaired) electrons. The number of nitrogens with one attached hydrogen (secondary N) is 2. The quantitative estimate of drug-likeness (QED) is 0.0232. The maximum Gasteiger partial charge on any atom is 0.258 e. The topological polar surface area (TPSA) is 241 Å². The highest BCUT2D eigenvalue weighted by molar-refractivity contribution is 6.25. The Labute approximate surface area is 356 Å². The summed E-state index contributed by atoms with van der Waals surface area (Å²) < 4.78 is 0. The Hall–Kier alpha value is -3.85. The first-order valence-electron chi connectivity index (χ1n) is 21.8. The van der Waals surface area contributed by atoms with E-state index >= 15 is 0 Å². The lowest BCUT2D eigenvalue weighted by Gasteiger charge is -2.52. The molecule has 334 valence electrons. The van der Waals surface area contributed by atoms with Crippen molar-refractivity contribution in [3.05, 3.63) is 82.7 Å². The van der Waals surface area contributed by atoms with E-state index in [0.29, 0.717) is 31.3 Å². The highest BCUT2D eigenvalue weighted by atomic mass is 16.3. The van der Waals surface area contributed by atoms with E-state index in [9.17, 15) is 45.3 Å². The van der Waals surface area contributed by atoms with Gasteiger partial charge in [0.15, 0.2) is 11.7 Å². The molecule has 4 rings (SSSR count). The second kappa shape index (κ2) is 21.8. The average molecular weight is 837 g/mol. The number of nitrogens with zero attached hydrogens (tertiary/aromatic N) is 1. The zero-order chi connectivity index (χ0) is 44.5. The molecule has 13 heteroatoms. The summed E-state index contributed by atoms with van der Waals surface area (Å²) in [6.45, 7) is 11.7. The summed E-state index contributed by atoms with van der Waals surface area (Å²) in [6.07, 6.45) is 17.0. The number of Topliss-reactive ketones (excluding diaryl/α,β-unsaturated/α-hetero) is 1. The van der Waals surface area contributed by atoms with Gasteiger partial charge in [-0.05, 0) is 89.2 Å². The van der Waals surface area contributed by atoms with Crippen LogP contribution in [0.4, 0.5) is 0 Å². The fraction of sp³-hybridized carbons (Fsp3) is 0.638. The van der Waals surface area contributed by atoms with Crippen LogP contribution in [-0.4, -0.2) is 114 Å². The molecule has 0 aromatic heterocycles. The van der Waals surface area contributed by atoms with Gasteiger partial charge in [-0.3, -0.25) is 15.0 Å². The predicted molar refractivity (Wildman–Crippen MR) is 233 cm³/mol. The molecule has 13 atom stereocenters. The lowest BCUT2D eigenvalue weighted by Crippen LogP contribution is -2.49. The molecule has 4 aliphatic rings. The molecule has 2 aliphatic heterocycles. The monoisotopic (exact) mass is 837 g/mol. The highest BCUT2D eigenvalue weighted by Gasteiger charge is 2.54. The minimum Gasteiger partial charge on any atom is -0.511 e. The van der Waals surface area contributed by atoms with Crippen LogP contribution in [0.3, 0.4) is 0 Å². The number of likely N-dealkylation sites (tertiary alicyclic amines) is 1. The van der Waals surface area contributed by atoms with Crippen LogP contribution in [-0.2, 0) is 9.59 Å². The van der Waals surface area contributed by atoms with E-state index in [-0.39, 0.29) is 66.4 Å². The molecule has 60 heavy (non-hydrogen) atoms. The number of aliphatic hydroxyl groups is 7. The minimum absolute atomic E-state index is 0.0308. The first-order chi connectivity index (χ1) is 28.3. The van der Waals surface area contributed by atoms with Crippen molar-refractivity contribution in [2.45, 2.75) is 142 Å². The number of allylic oxidation sites excluding steroid dienone is 3. The van der Waals surface area contributed by atoms with Crippen LogP contribution in [0.2, 0.25) is 0 Å². The van der Waals surface area contributed by atoms with Gasteiger partial charge in [0.1, 0.15) is 11.3 Å². The standard InChI is InChI=1S/C47H72N4O9/c1-27(38(54)12-8-13-39(55)28(2)16-21-34(53)25-32-10-9-23-51(32)46(48)49)15-19-33(52)20-17-29(3)43(58)30(4)18-22-36-31(5)24-35-37(11-7-14-40(35)56)47(36,6)44(59)42-41(57)26-50-45(42)60/h8,12,15-19,22,24,27,30,32-40,43,52-56,58-59H,7,9-11,13-14,20-21,23,25-26H2,1-6H3,(H3,48,49)(H,50,60)/b12-8+,19-15+,22-18+,28-16+,29-17+,44-42-. The summed E-state index contributed by atoms with van der Waals surface area (Å²) in [6, 6.07) is 0.0523. The fourth-order valence-electron chi connectivity index (χ4n) is 9.59. The van der Waals surface area contributed by atoms with Gasteiger partial charge in [-0.15, -0.1) is 0 Å². The molecule has 2 heterocycles. The smallest absolute Gasteiger partial charge is 0.258 e. The van der Waals surface area contributed by atoms with Crippen LogP contribution < -0.4 is 11.1 Å². The zero-order valence-corrected chi connectivity index (χ0v) is 36.4. The number of hydrogen-bond acceptors (Lipinski definition) is 10. The number of rotatable bonds is 18. The van der Waals surface area contributed by atoms with Gasteiger partial charge in [0.25, 0.3) is 5.91 Å². The lowest BCUT2D eigenvalue weighted by atomic mass is 9.52. The summed E-state index contributed by atoms with van der Waals surface area (Å²) in [5.41, 5.74) is 6.69. The van der Waals surface area contributed by atoms with Crippen molar-refractivity contribution < 1.29 is 45.3 Å². The van der Waals surface area contributed by atoms with E-state index in [1.54, 1.807) is 44.2 Å². The Kier molecular flexibility index (Phi) is 17.7. The molecule has 3 fully saturated rings. The van der Waals surface area contributed by atoms with Crippen LogP contribution in [0.5, 0.6) is 0 Å². The van der Waals surface area contributed by atoms with Gasteiger partial charge in [0, 0.05) is 41.7 Å². The summed E-state index contributed by atoms with van der Waals surface area (Å²) in [4.78, 5) is 27.3. The molecule has 2 saturated heterocycles. The molecular formula is C47H72N4O9. The number of hydrogen-bond donors (Lipinski definition) is 10. The van der Waals surface area contributed by atoms with Crippen molar-refractivity contribution in [3.8, 4) is 0 Å². The van der Waals surface area contributed by atoms with Gasteiger partial charge in [-0.2, -0.15) is 0 Å². The fourth-order valence-corrected chi connectivity index (χ4v) is 9.59. The Morgan fingerprint density at radius 2 is 1.67 bits per heavy atom. The molecule has 0 aromatic carbocycles. The van der Waals surface area contributed by atoms with Crippen molar-refractivity contribution in [2.24, 2.45) is 40.7 Å². The first kappa shape index (κ1) is 48.8. The number of amides is 1. The summed E-state index contributed by atoms with van der Waals surface area (Å²) >= 11 is 0. The number of carbonyl (C=O) groups is 2. The van der Waals surface area contributed by atoms with Crippen molar-refractivity contribution in [2.75, 3.05) is 13.1 Å². The van der Waals surface area contributed by atoms with Gasteiger partial charge in [-0.1, -0.05) is 87.4 Å². The molecule has 0 spiro atoms. The van der Waals surface area contributed by atoms with E-state index in [2.05, 4.69) is 11.4 Å². The van der Waals surface area contributed by atoms with Gasteiger partial charge in [-0.25, -0.2) is 0 Å². The predicted octanol–water partition coefficient (Wildman–Crippen LogP) is 4.41. The normalized spacial score (nSPS) is 31.2. The second-order valence-corrected chi connectivity index (χ2v) is 18.0. The highest BCUT2D eigenvalue weighted by Crippen LogP contribution is 2.57. The maximum absolute atomic E-state index is 12.7. The van der Waals surface area contributed by atoms with E-state index < -0.39 is 59.6 Å². The van der Waals surface area contributed by atoms with Gasteiger partial charge in [0.2, 0.25) is 0 Å². The van der Waals surface area contributed by atoms with E-state index in [0.717, 1.165) is 37.0 Å². The van der Waals surface area contributed by atoms with Crippen LogP contribution in [0.15, 0.2) is 82.7 Å². The molecule has 0 aromatic rings. The lowest BCUT2D eigenvalue weighted by molar-refractivity contribution is -0.117. The minimum atomic E-state index is -1.04.